The lowest BCUT2D eigenvalue weighted by Crippen LogP contribution is -2.36. The molecule has 1 amide bonds. The van der Waals surface area contributed by atoms with E-state index in [0.717, 1.165) is 15.6 Å². The molecule has 1 aromatic heterocycles. The number of aliphatic carboxylic acids is 1. The lowest BCUT2D eigenvalue weighted by molar-refractivity contribution is -0.146. The first-order valence-corrected chi connectivity index (χ1v) is 7.48. The molecule has 112 valence electrons. The minimum atomic E-state index is -0.925. The molecule has 0 bridgehead atoms. The molecule has 0 saturated carbocycles. The molecule has 1 aromatic rings. The van der Waals surface area contributed by atoms with Gasteiger partial charge in [0, 0.05) is 10.7 Å². The fourth-order valence-corrected chi connectivity index (χ4v) is 2.73. The third-order valence-corrected chi connectivity index (χ3v) is 4.37. The van der Waals surface area contributed by atoms with E-state index in [1.807, 2.05) is 13.8 Å². The summed E-state index contributed by atoms with van der Waals surface area (Å²) in [6, 6.07) is 3.45. The van der Waals surface area contributed by atoms with Crippen LogP contribution in [-0.4, -0.2) is 22.0 Å². The van der Waals surface area contributed by atoms with Crippen LogP contribution in [0.15, 0.2) is 33.9 Å². The topological polar surface area (TPSA) is 79.3 Å². The van der Waals surface area contributed by atoms with Crippen molar-refractivity contribution in [1.82, 2.24) is 4.98 Å². The zero-order chi connectivity index (χ0) is 15.6. The van der Waals surface area contributed by atoms with Crippen molar-refractivity contribution in [3.05, 3.63) is 33.9 Å². The molecule has 2 unspecified atom stereocenters. The van der Waals surface area contributed by atoms with Gasteiger partial charge >= 0.3 is 5.97 Å². The van der Waals surface area contributed by atoms with Crippen molar-refractivity contribution in [1.29, 1.82) is 0 Å². The number of carboxylic acid groups (broad SMARTS) is 1. The highest BCUT2D eigenvalue weighted by molar-refractivity contribution is 9.10. The van der Waals surface area contributed by atoms with E-state index in [2.05, 4.69) is 26.2 Å². The number of hydrogen-bond donors (Lipinski definition) is 2. The molecule has 5 nitrogen and oxygen atoms in total. The van der Waals surface area contributed by atoms with E-state index in [9.17, 15) is 14.7 Å². The fraction of sp³-hybridized carbons (Fsp3) is 0.400. The summed E-state index contributed by atoms with van der Waals surface area (Å²) in [5.41, 5.74) is 2.16. The molecule has 2 rings (SSSR count). The Balaban J connectivity index is 2.16. The van der Waals surface area contributed by atoms with Crippen LogP contribution in [-0.2, 0) is 9.59 Å². The normalized spacial score (nSPS) is 22.0. The molecule has 1 aliphatic carbocycles. The predicted molar refractivity (Wildman–Crippen MR) is 82.8 cm³/mol. The van der Waals surface area contributed by atoms with E-state index in [0.29, 0.717) is 18.7 Å². The maximum Gasteiger partial charge on any atom is 0.307 e. The molecule has 0 radical (unpaired) electrons. The summed E-state index contributed by atoms with van der Waals surface area (Å²) in [4.78, 5) is 27.8. The molecule has 0 saturated heterocycles. The first kappa shape index (κ1) is 15.7. The van der Waals surface area contributed by atoms with E-state index in [-0.39, 0.29) is 5.91 Å². The summed E-state index contributed by atoms with van der Waals surface area (Å²) < 4.78 is 0.816. The maximum absolute atomic E-state index is 12.4. The van der Waals surface area contributed by atoms with Gasteiger partial charge in [-0.1, -0.05) is 11.1 Å². The van der Waals surface area contributed by atoms with Crippen molar-refractivity contribution in [3.8, 4) is 0 Å². The van der Waals surface area contributed by atoms with Gasteiger partial charge in [-0.3, -0.25) is 9.59 Å². The molecule has 0 aliphatic heterocycles. The molecule has 2 atom stereocenters. The van der Waals surface area contributed by atoms with E-state index in [1.54, 1.807) is 18.3 Å². The van der Waals surface area contributed by atoms with E-state index in [4.69, 9.17) is 0 Å². The number of carboxylic acids is 1. The third kappa shape index (κ3) is 3.69. The summed E-state index contributed by atoms with van der Waals surface area (Å²) >= 11 is 3.27. The number of aromatic nitrogens is 1. The highest BCUT2D eigenvalue weighted by Crippen LogP contribution is 2.34. The summed E-state index contributed by atoms with van der Waals surface area (Å²) in [5.74, 6) is -2.02. The number of pyridine rings is 1. The van der Waals surface area contributed by atoms with Gasteiger partial charge in [0.15, 0.2) is 0 Å². The Morgan fingerprint density at radius 1 is 1.24 bits per heavy atom. The van der Waals surface area contributed by atoms with Crippen LogP contribution in [0.1, 0.15) is 26.7 Å². The zero-order valence-electron chi connectivity index (χ0n) is 11.9. The van der Waals surface area contributed by atoms with Gasteiger partial charge in [-0.15, -0.1) is 0 Å². The number of nitrogens with zero attached hydrogens (tertiary/aromatic N) is 1. The first-order chi connectivity index (χ1) is 9.88. The van der Waals surface area contributed by atoms with Crippen LogP contribution in [0, 0.1) is 11.8 Å². The van der Waals surface area contributed by atoms with Gasteiger partial charge in [0.25, 0.3) is 0 Å². The smallest absolute Gasteiger partial charge is 0.307 e. The summed E-state index contributed by atoms with van der Waals surface area (Å²) in [6.45, 7) is 3.88. The van der Waals surface area contributed by atoms with Crippen LogP contribution in [0.4, 0.5) is 5.82 Å². The Bertz CT molecular complexity index is 595. The number of nitrogens with one attached hydrogen (secondary N) is 1. The van der Waals surface area contributed by atoms with Gasteiger partial charge < -0.3 is 10.4 Å². The Hall–Kier alpha value is -1.69. The highest BCUT2D eigenvalue weighted by Gasteiger charge is 2.37. The quantitative estimate of drug-likeness (QED) is 0.818. The second-order valence-electron chi connectivity index (χ2n) is 5.37. The van der Waals surface area contributed by atoms with Crippen molar-refractivity contribution in [2.75, 3.05) is 5.32 Å². The van der Waals surface area contributed by atoms with Crippen molar-refractivity contribution in [3.63, 3.8) is 0 Å². The number of hydrogen-bond acceptors (Lipinski definition) is 3. The lowest BCUT2D eigenvalue weighted by atomic mass is 9.76. The highest BCUT2D eigenvalue weighted by atomic mass is 79.9. The first-order valence-electron chi connectivity index (χ1n) is 6.69. The number of halogens is 1. The van der Waals surface area contributed by atoms with E-state index >= 15 is 0 Å². The standard InChI is InChI=1S/C15H17BrN2O3/c1-8-5-11(12(15(20)21)6-9(8)2)14(19)18-13-4-3-10(16)7-17-13/h3-4,7,11-12H,5-6H2,1-2H3,(H,20,21)(H,17,18,19). The molecule has 0 fully saturated rings. The lowest BCUT2D eigenvalue weighted by Gasteiger charge is -2.29. The second-order valence-corrected chi connectivity index (χ2v) is 6.29. The maximum atomic E-state index is 12.4. The molecule has 0 aromatic carbocycles. The Kier molecular flexibility index (Phi) is 4.77. The van der Waals surface area contributed by atoms with Crippen LogP contribution in [0.3, 0.4) is 0 Å². The average molecular weight is 353 g/mol. The van der Waals surface area contributed by atoms with Crippen molar-refractivity contribution < 1.29 is 14.7 Å². The summed E-state index contributed by atoms with van der Waals surface area (Å²) in [7, 11) is 0. The molecule has 21 heavy (non-hydrogen) atoms. The average Bonchev–Trinajstić information content (AvgIpc) is 2.43. The van der Waals surface area contributed by atoms with Crippen LogP contribution in [0.5, 0.6) is 0 Å². The molecule has 1 aliphatic rings. The Morgan fingerprint density at radius 3 is 2.38 bits per heavy atom. The monoisotopic (exact) mass is 352 g/mol. The SMILES string of the molecule is CC1=C(C)CC(C(=O)Nc2ccc(Br)cn2)C(C(=O)O)C1. The van der Waals surface area contributed by atoms with Gasteiger partial charge in [-0.25, -0.2) is 4.98 Å². The number of amides is 1. The minimum absolute atomic E-state index is 0.288. The van der Waals surface area contributed by atoms with E-state index < -0.39 is 17.8 Å². The second kappa shape index (κ2) is 6.39. The molecule has 6 heteroatoms. The zero-order valence-corrected chi connectivity index (χ0v) is 13.5. The van der Waals surface area contributed by atoms with Crippen LogP contribution >= 0.6 is 15.9 Å². The fourth-order valence-electron chi connectivity index (χ4n) is 2.50. The molecule has 1 heterocycles. The largest absolute Gasteiger partial charge is 0.481 e. The summed E-state index contributed by atoms with van der Waals surface area (Å²) in [6.07, 6.45) is 2.48. The molecular formula is C15H17BrN2O3. The van der Waals surface area contributed by atoms with Gasteiger partial charge in [-0.05, 0) is 54.8 Å². The van der Waals surface area contributed by atoms with Gasteiger partial charge in [0.05, 0.1) is 11.8 Å². The summed E-state index contributed by atoms with van der Waals surface area (Å²) in [5, 5.41) is 12.0. The van der Waals surface area contributed by atoms with Crippen molar-refractivity contribution in [2.45, 2.75) is 26.7 Å². The van der Waals surface area contributed by atoms with E-state index in [1.165, 1.54) is 0 Å². The molecular weight excluding hydrogens is 336 g/mol. The Labute approximate surface area is 131 Å². The number of anilines is 1. The number of carbonyl (C=O) groups excluding carboxylic acids is 1. The third-order valence-electron chi connectivity index (χ3n) is 3.90. The van der Waals surface area contributed by atoms with Crippen molar-refractivity contribution in [2.24, 2.45) is 11.8 Å². The van der Waals surface area contributed by atoms with Gasteiger partial charge in [0.2, 0.25) is 5.91 Å². The molecule has 2 N–H and O–H groups in total. The molecule has 0 spiro atoms. The number of carbonyl (C=O) groups is 2. The number of allylic oxidation sites excluding steroid dienone is 2. The van der Waals surface area contributed by atoms with Crippen LogP contribution < -0.4 is 5.32 Å². The predicted octanol–water partition coefficient (Wildman–Crippen LogP) is 3.23. The van der Waals surface area contributed by atoms with Gasteiger partial charge in [-0.2, -0.15) is 0 Å². The van der Waals surface area contributed by atoms with Gasteiger partial charge in [0.1, 0.15) is 5.82 Å². The Morgan fingerprint density at radius 2 is 1.86 bits per heavy atom. The van der Waals surface area contributed by atoms with Crippen LogP contribution in [0.2, 0.25) is 0 Å². The van der Waals surface area contributed by atoms with Crippen LogP contribution in [0.25, 0.3) is 0 Å². The number of rotatable bonds is 3. The minimum Gasteiger partial charge on any atom is -0.481 e. The van der Waals surface area contributed by atoms with Crippen molar-refractivity contribution >= 4 is 33.6 Å².